The molecule has 3 heterocycles. The summed E-state index contributed by atoms with van der Waals surface area (Å²) in [6.07, 6.45) is 5.42. The van der Waals surface area contributed by atoms with Crippen molar-refractivity contribution in [3.63, 3.8) is 0 Å². The summed E-state index contributed by atoms with van der Waals surface area (Å²) in [6, 6.07) is 5.59. The summed E-state index contributed by atoms with van der Waals surface area (Å²) in [5, 5.41) is 18.4. The Bertz CT molecular complexity index is 1080. The maximum atomic E-state index is 12.4. The third kappa shape index (κ3) is 3.53. The predicted molar refractivity (Wildman–Crippen MR) is 103 cm³/mol. The van der Waals surface area contributed by atoms with E-state index in [0.29, 0.717) is 37.3 Å². The molecule has 0 saturated carbocycles. The number of hydrogen-bond donors (Lipinski definition) is 3. The highest BCUT2D eigenvalue weighted by atomic mass is 16.4. The van der Waals surface area contributed by atoms with Crippen LogP contribution in [0.25, 0.3) is 11.2 Å². The van der Waals surface area contributed by atoms with Crippen LogP contribution in [0.15, 0.2) is 58.8 Å². The van der Waals surface area contributed by atoms with E-state index in [1.807, 2.05) is 17.0 Å². The minimum atomic E-state index is -1.17. The SMILES string of the molecule is C=C(/C=C(\C(C#N)=C/N)N1CCC(n2c(=O)[nH]c3ncccc32)CC1)C(=O)O. The molecule has 1 aliphatic rings. The fourth-order valence-electron chi connectivity index (χ4n) is 3.43. The zero-order valence-electron chi connectivity index (χ0n) is 15.1. The number of nitriles is 1. The molecule has 2 aromatic heterocycles. The van der Waals surface area contributed by atoms with Crippen molar-refractivity contribution in [2.75, 3.05) is 13.1 Å². The van der Waals surface area contributed by atoms with Crippen LogP contribution in [0, 0.1) is 11.3 Å². The predicted octanol–water partition coefficient (Wildman–Crippen LogP) is 1.25. The zero-order valence-corrected chi connectivity index (χ0v) is 15.1. The van der Waals surface area contributed by atoms with Crippen LogP contribution in [0.3, 0.4) is 0 Å². The molecule has 3 rings (SSSR count). The molecular formula is C19H20N6O3. The van der Waals surface area contributed by atoms with Gasteiger partial charge in [-0.1, -0.05) is 6.58 Å². The van der Waals surface area contributed by atoms with Crippen LogP contribution >= 0.6 is 0 Å². The maximum Gasteiger partial charge on any atom is 0.335 e. The summed E-state index contributed by atoms with van der Waals surface area (Å²) in [6.45, 7) is 4.56. The van der Waals surface area contributed by atoms with E-state index in [1.54, 1.807) is 16.8 Å². The fourth-order valence-corrected chi connectivity index (χ4v) is 3.43. The average Bonchev–Trinajstić information content (AvgIpc) is 3.03. The first kappa shape index (κ1) is 19.0. The molecule has 1 aliphatic heterocycles. The highest BCUT2D eigenvalue weighted by Gasteiger charge is 2.26. The molecule has 4 N–H and O–H groups in total. The average molecular weight is 380 g/mol. The van der Waals surface area contributed by atoms with Crippen molar-refractivity contribution < 1.29 is 9.90 Å². The van der Waals surface area contributed by atoms with Gasteiger partial charge in [-0.3, -0.25) is 9.55 Å². The Morgan fingerprint density at radius 1 is 1.46 bits per heavy atom. The maximum absolute atomic E-state index is 12.4. The molecule has 1 fully saturated rings. The van der Waals surface area contributed by atoms with Gasteiger partial charge >= 0.3 is 11.7 Å². The van der Waals surface area contributed by atoms with Crippen LogP contribution in [-0.4, -0.2) is 43.6 Å². The van der Waals surface area contributed by atoms with E-state index >= 15 is 0 Å². The highest BCUT2D eigenvalue weighted by molar-refractivity contribution is 5.89. The first-order valence-corrected chi connectivity index (χ1v) is 8.72. The quantitative estimate of drug-likeness (QED) is 0.403. The van der Waals surface area contributed by atoms with Gasteiger partial charge in [0.1, 0.15) is 6.07 Å². The van der Waals surface area contributed by atoms with Crippen LogP contribution in [0.2, 0.25) is 0 Å². The number of aliphatic carboxylic acids is 1. The number of fused-ring (bicyclic) bond motifs is 1. The number of likely N-dealkylation sites (tertiary alicyclic amines) is 1. The minimum absolute atomic E-state index is 0.0296. The number of allylic oxidation sites excluding steroid dienone is 1. The smallest absolute Gasteiger partial charge is 0.335 e. The van der Waals surface area contributed by atoms with Gasteiger partial charge in [-0.25, -0.2) is 14.6 Å². The lowest BCUT2D eigenvalue weighted by atomic mass is 10.0. The van der Waals surface area contributed by atoms with Crippen molar-refractivity contribution in [2.24, 2.45) is 5.73 Å². The first-order chi connectivity index (χ1) is 13.5. The number of aromatic nitrogens is 3. The molecule has 9 nitrogen and oxygen atoms in total. The van der Waals surface area contributed by atoms with Gasteiger partial charge in [0, 0.05) is 31.5 Å². The van der Waals surface area contributed by atoms with Crippen molar-refractivity contribution >= 4 is 17.1 Å². The molecule has 0 atom stereocenters. The molecule has 0 radical (unpaired) electrons. The highest BCUT2D eigenvalue weighted by Crippen LogP contribution is 2.28. The van der Waals surface area contributed by atoms with Gasteiger partial charge in [0.15, 0.2) is 5.65 Å². The summed E-state index contributed by atoms with van der Waals surface area (Å²) in [5.74, 6) is -1.17. The number of pyridine rings is 1. The summed E-state index contributed by atoms with van der Waals surface area (Å²) in [7, 11) is 0. The normalized spacial score (nSPS) is 16.2. The van der Waals surface area contributed by atoms with Crippen LogP contribution < -0.4 is 11.4 Å². The van der Waals surface area contributed by atoms with Crippen LogP contribution in [0.4, 0.5) is 0 Å². The molecular weight excluding hydrogens is 360 g/mol. The molecule has 9 heteroatoms. The lowest BCUT2D eigenvalue weighted by Crippen LogP contribution is -2.37. The molecule has 2 aromatic rings. The number of carbonyl (C=O) groups is 1. The number of nitrogens with two attached hydrogens (primary N) is 1. The minimum Gasteiger partial charge on any atom is -0.478 e. The topological polar surface area (TPSA) is 141 Å². The second-order valence-electron chi connectivity index (χ2n) is 6.44. The molecule has 0 aromatic carbocycles. The molecule has 28 heavy (non-hydrogen) atoms. The Kier molecular flexibility index (Phi) is 5.31. The molecule has 0 spiro atoms. The molecule has 1 saturated heterocycles. The Balaban J connectivity index is 1.85. The van der Waals surface area contributed by atoms with Crippen molar-refractivity contribution in [3.8, 4) is 6.07 Å². The van der Waals surface area contributed by atoms with Gasteiger partial charge in [-0.2, -0.15) is 5.26 Å². The number of carboxylic acid groups (broad SMARTS) is 1. The number of aromatic amines is 1. The van der Waals surface area contributed by atoms with E-state index in [4.69, 9.17) is 10.8 Å². The lowest BCUT2D eigenvalue weighted by molar-refractivity contribution is -0.132. The molecule has 144 valence electrons. The Hall–Kier alpha value is -3.80. The van der Waals surface area contributed by atoms with E-state index in [2.05, 4.69) is 16.5 Å². The van der Waals surface area contributed by atoms with E-state index in [9.17, 15) is 14.9 Å². The van der Waals surface area contributed by atoms with Gasteiger partial charge in [-0.05, 0) is 31.1 Å². The number of nitrogens with zero attached hydrogens (tertiary/aromatic N) is 4. The number of hydrogen-bond acceptors (Lipinski definition) is 6. The lowest BCUT2D eigenvalue weighted by Gasteiger charge is -2.35. The molecule has 0 aliphatic carbocycles. The Morgan fingerprint density at radius 2 is 2.18 bits per heavy atom. The van der Waals surface area contributed by atoms with Crippen LogP contribution in [0.5, 0.6) is 0 Å². The zero-order chi connectivity index (χ0) is 20.3. The Labute approximate surface area is 160 Å². The van der Waals surface area contributed by atoms with Gasteiger partial charge in [0.25, 0.3) is 0 Å². The monoisotopic (exact) mass is 380 g/mol. The standard InChI is InChI=1S/C19H20N6O3/c1-12(18(26)27)9-16(13(10-20)11-21)24-7-4-14(5-8-24)25-15-3-2-6-22-17(15)23-19(25)28/h2-3,6,9-10,14H,1,4-5,7-8,20H2,(H,26,27)(H,22,23,28)/b13-10-,16-9+. The van der Waals surface area contributed by atoms with Gasteiger partial charge in [0.05, 0.1) is 22.4 Å². The van der Waals surface area contributed by atoms with E-state index < -0.39 is 5.97 Å². The summed E-state index contributed by atoms with van der Waals surface area (Å²) < 4.78 is 1.71. The van der Waals surface area contributed by atoms with Crippen molar-refractivity contribution in [1.82, 2.24) is 19.4 Å². The molecule has 0 bridgehead atoms. The van der Waals surface area contributed by atoms with Crippen molar-refractivity contribution in [2.45, 2.75) is 18.9 Å². The third-order valence-electron chi connectivity index (χ3n) is 4.81. The Morgan fingerprint density at radius 3 is 2.79 bits per heavy atom. The summed E-state index contributed by atoms with van der Waals surface area (Å²) in [5.41, 5.74) is 7.10. The fraction of sp³-hybridized carbons (Fsp3) is 0.263. The third-order valence-corrected chi connectivity index (χ3v) is 4.81. The number of carboxylic acids is 1. The van der Waals surface area contributed by atoms with Crippen molar-refractivity contribution in [1.29, 1.82) is 5.26 Å². The van der Waals surface area contributed by atoms with Gasteiger partial charge in [-0.15, -0.1) is 0 Å². The van der Waals surface area contributed by atoms with Gasteiger partial charge in [0.2, 0.25) is 0 Å². The largest absolute Gasteiger partial charge is 0.478 e. The molecule has 0 amide bonds. The van der Waals surface area contributed by atoms with E-state index in [-0.39, 0.29) is 22.9 Å². The summed E-state index contributed by atoms with van der Waals surface area (Å²) in [4.78, 5) is 32.3. The number of H-pyrrole nitrogens is 1. The number of nitrogens with one attached hydrogen (secondary N) is 1. The van der Waals surface area contributed by atoms with Gasteiger partial charge < -0.3 is 15.7 Å². The van der Waals surface area contributed by atoms with E-state index in [1.165, 1.54) is 6.08 Å². The number of rotatable bonds is 5. The summed E-state index contributed by atoms with van der Waals surface area (Å²) >= 11 is 0. The van der Waals surface area contributed by atoms with Crippen molar-refractivity contribution in [3.05, 3.63) is 64.5 Å². The number of piperidine rings is 1. The molecule has 0 unspecified atom stereocenters. The second kappa shape index (κ2) is 7.84. The van der Waals surface area contributed by atoms with Crippen LogP contribution in [-0.2, 0) is 4.79 Å². The first-order valence-electron chi connectivity index (χ1n) is 8.72. The van der Waals surface area contributed by atoms with Crippen LogP contribution in [0.1, 0.15) is 18.9 Å². The number of imidazole rings is 1. The van der Waals surface area contributed by atoms with E-state index in [0.717, 1.165) is 11.7 Å². The second-order valence-corrected chi connectivity index (χ2v) is 6.44.